The Morgan fingerprint density at radius 2 is 1.75 bits per heavy atom. The molecule has 0 spiro atoms. The number of rotatable bonds is 7. The van der Waals surface area contributed by atoms with E-state index in [1.54, 1.807) is 13.8 Å². The van der Waals surface area contributed by atoms with Crippen LogP contribution in [0.4, 0.5) is 0 Å². The third-order valence-corrected chi connectivity index (χ3v) is 5.33. The number of hydrogen-bond donors (Lipinski definition) is 0. The van der Waals surface area contributed by atoms with Gasteiger partial charge in [0.15, 0.2) is 11.5 Å². The second kappa shape index (κ2) is 7.15. The standard InChI is InChI=1S/C13H20ClNO4S/c1-5-15(6-2)20(16,17)11-7-10(9-14)13(19-4)12(8-11)18-3/h7-8H,5-6,9H2,1-4H3. The first-order chi connectivity index (χ1) is 9.45. The van der Waals surface area contributed by atoms with Crippen LogP contribution in [-0.2, 0) is 15.9 Å². The number of benzene rings is 1. The Hall–Kier alpha value is -0.980. The Morgan fingerprint density at radius 1 is 1.15 bits per heavy atom. The normalized spacial score (nSPS) is 11.7. The lowest BCUT2D eigenvalue weighted by Crippen LogP contribution is -2.30. The summed E-state index contributed by atoms with van der Waals surface area (Å²) in [5.74, 6) is 0.957. The van der Waals surface area contributed by atoms with E-state index in [1.807, 2.05) is 0 Å². The Bertz CT molecular complexity index is 530. The van der Waals surface area contributed by atoms with Gasteiger partial charge in [0.2, 0.25) is 10.0 Å². The second-order valence-corrected chi connectivity index (χ2v) is 6.25. The van der Waals surface area contributed by atoms with Crippen LogP contribution in [0, 0.1) is 0 Å². The maximum Gasteiger partial charge on any atom is 0.243 e. The van der Waals surface area contributed by atoms with E-state index in [0.717, 1.165) is 0 Å². The molecule has 0 bridgehead atoms. The molecular formula is C13H20ClNO4S. The molecule has 0 atom stereocenters. The number of sulfonamides is 1. The van der Waals surface area contributed by atoms with Gasteiger partial charge in [-0.3, -0.25) is 0 Å². The smallest absolute Gasteiger partial charge is 0.243 e. The lowest BCUT2D eigenvalue weighted by atomic mass is 10.2. The fourth-order valence-electron chi connectivity index (χ4n) is 1.98. The first-order valence-corrected chi connectivity index (χ1v) is 8.24. The van der Waals surface area contributed by atoms with E-state index in [0.29, 0.717) is 30.2 Å². The van der Waals surface area contributed by atoms with E-state index in [4.69, 9.17) is 21.1 Å². The van der Waals surface area contributed by atoms with Crippen LogP contribution < -0.4 is 9.47 Å². The molecule has 0 unspecified atom stereocenters. The van der Waals surface area contributed by atoms with Gasteiger partial charge in [-0.25, -0.2) is 8.42 Å². The zero-order valence-electron chi connectivity index (χ0n) is 12.1. The molecule has 114 valence electrons. The number of halogens is 1. The lowest BCUT2D eigenvalue weighted by molar-refractivity contribution is 0.351. The van der Waals surface area contributed by atoms with E-state index < -0.39 is 10.0 Å². The van der Waals surface area contributed by atoms with Gasteiger partial charge in [-0.05, 0) is 6.07 Å². The van der Waals surface area contributed by atoms with Crippen molar-refractivity contribution in [3.63, 3.8) is 0 Å². The summed E-state index contributed by atoms with van der Waals surface area (Å²) in [4.78, 5) is 0.162. The number of nitrogens with zero attached hydrogens (tertiary/aromatic N) is 1. The van der Waals surface area contributed by atoms with E-state index in [2.05, 4.69) is 0 Å². The molecule has 0 saturated carbocycles. The first-order valence-electron chi connectivity index (χ1n) is 6.27. The number of methoxy groups -OCH3 is 2. The number of hydrogen-bond acceptors (Lipinski definition) is 4. The summed E-state index contributed by atoms with van der Waals surface area (Å²) in [5, 5.41) is 0. The van der Waals surface area contributed by atoms with Crippen molar-refractivity contribution < 1.29 is 17.9 Å². The summed E-state index contributed by atoms with van der Waals surface area (Å²) in [7, 11) is -0.598. The number of alkyl halides is 1. The highest BCUT2D eigenvalue weighted by atomic mass is 35.5. The molecule has 0 aliphatic heterocycles. The quantitative estimate of drug-likeness (QED) is 0.724. The molecule has 7 heteroatoms. The predicted octanol–water partition coefficient (Wildman–Crippen LogP) is 2.47. The molecule has 0 saturated heterocycles. The molecule has 0 fully saturated rings. The topological polar surface area (TPSA) is 55.8 Å². The lowest BCUT2D eigenvalue weighted by Gasteiger charge is -2.20. The summed E-state index contributed by atoms with van der Waals surface area (Å²) >= 11 is 5.87. The highest BCUT2D eigenvalue weighted by Gasteiger charge is 2.25. The molecular weight excluding hydrogens is 302 g/mol. The molecule has 0 amide bonds. The minimum atomic E-state index is -3.55. The van der Waals surface area contributed by atoms with Crippen molar-refractivity contribution >= 4 is 21.6 Å². The summed E-state index contributed by atoms with van der Waals surface area (Å²) in [6.45, 7) is 4.40. The Kier molecular flexibility index (Phi) is 6.10. The maximum atomic E-state index is 12.5. The third kappa shape index (κ3) is 3.19. The van der Waals surface area contributed by atoms with E-state index in [-0.39, 0.29) is 10.8 Å². The van der Waals surface area contributed by atoms with E-state index >= 15 is 0 Å². The van der Waals surface area contributed by atoms with Gasteiger partial charge in [-0.2, -0.15) is 4.31 Å². The summed E-state index contributed by atoms with van der Waals surface area (Å²) in [6.07, 6.45) is 0. The average Bonchev–Trinajstić information content (AvgIpc) is 2.46. The van der Waals surface area contributed by atoms with Crippen molar-refractivity contribution in [3.8, 4) is 11.5 Å². The second-order valence-electron chi connectivity index (χ2n) is 4.04. The summed E-state index contributed by atoms with van der Waals surface area (Å²) in [6, 6.07) is 2.99. The van der Waals surface area contributed by atoms with Crippen molar-refractivity contribution in [1.82, 2.24) is 4.31 Å². The molecule has 0 N–H and O–H groups in total. The van der Waals surface area contributed by atoms with Crippen LogP contribution >= 0.6 is 11.6 Å². The van der Waals surface area contributed by atoms with Gasteiger partial charge in [-0.15, -0.1) is 11.6 Å². The largest absolute Gasteiger partial charge is 0.493 e. The number of ether oxygens (including phenoxy) is 2. The van der Waals surface area contributed by atoms with Gasteiger partial charge in [0.05, 0.1) is 25.0 Å². The van der Waals surface area contributed by atoms with Gasteiger partial charge in [0.1, 0.15) is 0 Å². The zero-order valence-corrected chi connectivity index (χ0v) is 13.7. The minimum Gasteiger partial charge on any atom is -0.493 e. The highest BCUT2D eigenvalue weighted by Crippen LogP contribution is 2.35. The molecule has 0 heterocycles. The monoisotopic (exact) mass is 321 g/mol. The fourth-order valence-corrected chi connectivity index (χ4v) is 3.70. The summed E-state index contributed by atoms with van der Waals surface area (Å²) < 4.78 is 36.8. The van der Waals surface area contributed by atoms with E-state index in [1.165, 1.54) is 30.7 Å². The van der Waals surface area contributed by atoms with Crippen LogP contribution in [0.3, 0.4) is 0 Å². The Balaban J connectivity index is 3.47. The van der Waals surface area contributed by atoms with Crippen molar-refractivity contribution in [2.24, 2.45) is 0 Å². The van der Waals surface area contributed by atoms with Crippen LogP contribution in [0.2, 0.25) is 0 Å². The maximum absolute atomic E-state index is 12.5. The van der Waals surface area contributed by atoms with Crippen LogP contribution in [-0.4, -0.2) is 40.0 Å². The summed E-state index contributed by atoms with van der Waals surface area (Å²) in [5.41, 5.74) is 0.583. The molecule has 0 aromatic heterocycles. The molecule has 1 aromatic rings. The molecule has 0 aliphatic carbocycles. The van der Waals surface area contributed by atoms with Gasteiger partial charge in [-0.1, -0.05) is 13.8 Å². The third-order valence-electron chi connectivity index (χ3n) is 3.02. The van der Waals surface area contributed by atoms with Crippen LogP contribution in [0.15, 0.2) is 17.0 Å². The van der Waals surface area contributed by atoms with Gasteiger partial charge < -0.3 is 9.47 Å². The zero-order chi connectivity index (χ0) is 15.3. The van der Waals surface area contributed by atoms with Crippen molar-refractivity contribution in [2.75, 3.05) is 27.3 Å². The molecule has 0 aliphatic rings. The molecule has 1 rings (SSSR count). The average molecular weight is 322 g/mol. The molecule has 1 aromatic carbocycles. The van der Waals surface area contributed by atoms with Gasteiger partial charge >= 0.3 is 0 Å². The van der Waals surface area contributed by atoms with Crippen molar-refractivity contribution in [2.45, 2.75) is 24.6 Å². The SMILES string of the molecule is CCN(CC)S(=O)(=O)c1cc(CCl)c(OC)c(OC)c1. The van der Waals surface area contributed by atoms with E-state index in [9.17, 15) is 8.42 Å². The van der Waals surface area contributed by atoms with Crippen LogP contribution in [0.1, 0.15) is 19.4 Å². The van der Waals surface area contributed by atoms with Crippen molar-refractivity contribution in [1.29, 1.82) is 0 Å². The van der Waals surface area contributed by atoms with Gasteiger partial charge in [0, 0.05) is 24.7 Å². The molecule has 5 nitrogen and oxygen atoms in total. The van der Waals surface area contributed by atoms with Crippen LogP contribution in [0.5, 0.6) is 11.5 Å². The molecule has 0 radical (unpaired) electrons. The fraction of sp³-hybridized carbons (Fsp3) is 0.538. The first kappa shape index (κ1) is 17.1. The van der Waals surface area contributed by atoms with Crippen molar-refractivity contribution in [3.05, 3.63) is 17.7 Å². The van der Waals surface area contributed by atoms with Crippen LogP contribution in [0.25, 0.3) is 0 Å². The minimum absolute atomic E-state index is 0.140. The Morgan fingerprint density at radius 3 is 2.15 bits per heavy atom. The molecule has 20 heavy (non-hydrogen) atoms. The predicted molar refractivity (Wildman–Crippen MR) is 79.2 cm³/mol. The highest BCUT2D eigenvalue weighted by molar-refractivity contribution is 7.89. The Labute approximate surface area is 125 Å². The van der Waals surface area contributed by atoms with Gasteiger partial charge in [0.25, 0.3) is 0 Å².